The summed E-state index contributed by atoms with van der Waals surface area (Å²) in [5.74, 6) is -4.75. The molecule has 2 aromatic rings. The molecule has 7 nitrogen and oxygen atoms in total. The predicted octanol–water partition coefficient (Wildman–Crippen LogP) is 7.41. The molecule has 3 aliphatic rings. The number of nitrogens with zero attached hydrogens (tertiary/aromatic N) is 1. The summed E-state index contributed by atoms with van der Waals surface area (Å²) in [5.41, 5.74) is -1.29. The first-order valence-corrected chi connectivity index (χ1v) is 15.7. The maximum absolute atomic E-state index is 13.9. The fraction of sp³-hybridized carbons (Fsp3) is 0.438. The van der Waals surface area contributed by atoms with Gasteiger partial charge in [0.2, 0.25) is 11.8 Å². The monoisotopic (exact) mass is 729 g/mol. The van der Waals surface area contributed by atoms with Crippen molar-refractivity contribution in [1.29, 1.82) is 0 Å². The average Bonchev–Trinajstić information content (AvgIpc) is 3.24. The normalized spacial score (nSPS) is 23.8. The molecule has 1 aliphatic carbocycles. The van der Waals surface area contributed by atoms with Gasteiger partial charge in [-0.15, -0.1) is 0 Å². The Bertz CT molecular complexity index is 1590. The highest BCUT2D eigenvalue weighted by atomic mass is 79.9. The van der Waals surface area contributed by atoms with Crippen LogP contribution in [0.2, 0.25) is 6.32 Å². The summed E-state index contributed by atoms with van der Waals surface area (Å²) in [5, 5.41) is 21.1. The smallest absolute Gasteiger partial charge is 0.455 e. The molecule has 5 rings (SSSR count). The van der Waals surface area contributed by atoms with E-state index in [0.29, 0.717) is 53.0 Å². The van der Waals surface area contributed by atoms with Gasteiger partial charge < -0.3 is 19.5 Å². The van der Waals surface area contributed by atoms with E-state index >= 15 is 0 Å². The van der Waals surface area contributed by atoms with E-state index in [9.17, 15) is 46.1 Å². The van der Waals surface area contributed by atoms with Crippen molar-refractivity contribution in [3.8, 4) is 5.75 Å². The molecule has 0 bridgehead atoms. The van der Waals surface area contributed by atoms with Crippen molar-refractivity contribution >= 4 is 46.6 Å². The van der Waals surface area contributed by atoms with Gasteiger partial charge in [-0.3, -0.25) is 9.59 Å². The molecule has 15 heteroatoms. The Morgan fingerprint density at radius 1 is 1.06 bits per heavy atom. The van der Waals surface area contributed by atoms with Crippen molar-refractivity contribution in [1.82, 2.24) is 0 Å². The van der Waals surface area contributed by atoms with Gasteiger partial charge in [-0.25, -0.2) is 4.90 Å². The molecule has 2 saturated heterocycles. The van der Waals surface area contributed by atoms with E-state index in [1.54, 1.807) is 18.2 Å². The van der Waals surface area contributed by atoms with Crippen LogP contribution in [0.4, 0.5) is 32.0 Å². The third kappa shape index (κ3) is 7.18. The number of alkyl halides is 6. The number of rotatable bonds is 8. The van der Waals surface area contributed by atoms with Crippen molar-refractivity contribution in [2.75, 3.05) is 18.6 Å². The second kappa shape index (κ2) is 13.4. The first-order chi connectivity index (χ1) is 22.0. The summed E-state index contributed by atoms with van der Waals surface area (Å²) >= 11 is 3.39. The fourth-order valence-corrected chi connectivity index (χ4v) is 7.30. The average molecular weight is 730 g/mol. The molecule has 2 heterocycles. The fourth-order valence-electron chi connectivity index (χ4n) is 6.92. The Morgan fingerprint density at radius 2 is 1.72 bits per heavy atom. The van der Waals surface area contributed by atoms with Crippen LogP contribution in [0.5, 0.6) is 5.75 Å². The zero-order chi connectivity index (χ0) is 34.4. The van der Waals surface area contributed by atoms with Crippen molar-refractivity contribution < 1.29 is 55.5 Å². The first kappa shape index (κ1) is 35.2. The van der Waals surface area contributed by atoms with E-state index in [1.165, 1.54) is 7.11 Å². The minimum atomic E-state index is -5.17. The number of fused-ring (bicyclic) bond motifs is 3. The molecule has 0 saturated carbocycles. The van der Waals surface area contributed by atoms with Gasteiger partial charge in [-0.1, -0.05) is 34.5 Å². The number of phenolic OH excluding ortho intramolecular Hbond substituents is 1. The van der Waals surface area contributed by atoms with Gasteiger partial charge in [0.15, 0.2) is 0 Å². The number of amides is 2. The van der Waals surface area contributed by atoms with Crippen LogP contribution in [0, 0.1) is 17.8 Å². The van der Waals surface area contributed by atoms with Crippen LogP contribution in [-0.2, 0) is 31.3 Å². The second-order valence-electron chi connectivity index (χ2n) is 11.9. The summed E-state index contributed by atoms with van der Waals surface area (Å²) in [4.78, 5) is 28.0. The standard InChI is InChI=1S/C32H31BBrF6NO6/c1-3-16(8-17-9-21(34)5-6-25(17)42)4-7-26-27-18(15-46-2)10-23-28(24(27)14-33(45)47-26)30(44)41(29(23)43)22-12-19(31(35,36)37)11-20(13-22)32(38,39)40/h5-6,8-9,11-13,23-24,26,28,42,45H,3-4,7,10,14-15H2,1-2H3/b16-8+/t23-,24+,26-,28-/m1/s1. The van der Waals surface area contributed by atoms with Crippen molar-refractivity contribution in [2.45, 2.75) is 57.4 Å². The Balaban J connectivity index is 1.49. The number of imide groups is 1. The number of halogens is 7. The summed E-state index contributed by atoms with van der Waals surface area (Å²) in [6, 6.07) is 5.70. The highest BCUT2D eigenvalue weighted by molar-refractivity contribution is 9.10. The molecular weight excluding hydrogens is 699 g/mol. The number of ether oxygens (including phenoxy) is 1. The highest BCUT2D eigenvalue weighted by Gasteiger charge is 2.58. The van der Waals surface area contributed by atoms with E-state index in [0.717, 1.165) is 10.0 Å². The van der Waals surface area contributed by atoms with E-state index in [1.807, 2.05) is 13.0 Å². The zero-order valence-electron chi connectivity index (χ0n) is 25.3. The van der Waals surface area contributed by atoms with Gasteiger partial charge in [0.25, 0.3) is 0 Å². The van der Waals surface area contributed by atoms with Crippen LogP contribution in [0.15, 0.2) is 57.6 Å². The van der Waals surface area contributed by atoms with Crippen LogP contribution in [0.1, 0.15) is 49.3 Å². The maximum Gasteiger partial charge on any atom is 0.455 e. The first-order valence-electron chi connectivity index (χ1n) is 14.9. The molecule has 0 radical (unpaired) electrons. The highest BCUT2D eigenvalue weighted by Crippen LogP contribution is 2.52. The number of phenols is 1. The van der Waals surface area contributed by atoms with Crippen LogP contribution < -0.4 is 4.90 Å². The number of carbonyl (C=O) groups excluding carboxylic acids is 2. The number of methoxy groups -OCH3 is 1. The number of hydrogen-bond acceptors (Lipinski definition) is 6. The van der Waals surface area contributed by atoms with E-state index < -0.39 is 72.0 Å². The molecule has 2 amide bonds. The lowest BCUT2D eigenvalue weighted by molar-refractivity contribution is -0.143. The van der Waals surface area contributed by atoms with Crippen molar-refractivity contribution in [3.63, 3.8) is 0 Å². The Labute approximate surface area is 275 Å². The largest absolute Gasteiger partial charge is 0.507 e. The SMILES string of the molecule is CC/C(=C\c1cc(Br)ccc1O)CC[C@H]1OB(O)C[C@H]2C1=C(COC)C[C@H]1C(=O)N(c3cc(C(F)(F)F)cc(C(F)(F)F)c3)C(=O)[C@H]12. The van der Waals surface area contributed by atoms with Crippen LogP contribution in [0.25, 0.3) is 6.08 Å². The maximum atomic E-state index is 13.9. The molecule has 47 heavy (non-hydrogen) atoms. The number of aromatic hydroxyl groups is 1. The number of benzene rings is 2. The molecule has 2 aromatic carbocycles. The Hall–Kier alpha value is -3.14. The van der Waals surface area contributed by atoms with E-state index in [-0.39, 0.29) is 31.2 Å². The molecule has 2 aliphatic heterocycles. The van der Waals surface area contributed by atoms with Gasteiger partial charge in [-0.05, 0) is 85.5 Å². The molecule has 252 valence electrons. The minimum absolute atomic E-state index is 0.0190. The second-order valence-corrected chi connectivity index (χ2v) is 12.8. The molecule has 4 atom stereocenters. The number of allylic oxidation sites excluding steroid dienone is 1. The lowest BCUT2D eigenvalue weighted by Gasteiger charge is -2.43. The van der Waals surface area contributed by atoms with Crippen molar-refractivity contribution in [3.05, 3.63) is 74.3 Å². The van der Waals surface area contributed by atoms with Crippen LogP contribution in [-0.4, -0.2) is 48.9 Å². The zero-order valence-corrected chi connectivity index (χ0v) is 26.9. The number of anilines is 1. The summed E-state index contributed by atoms with van der Waals surface area (Å²) in [7, 11) is 0.0848. The summed E-state index contributed by atoms with van der Waals surface area (Å²) < 4.78 is 93.9. The Kier molecular flexibility index (Phi) is 10.0. The van der Waals surface area contributed by atoms with Crippen molar-refractivity contribution in [2.24, 2.45) is 17.8 Å². The number of carbonyl (C=O) groups is 2. The molecule has 0 spiro atoms. The summed E-state index contributed by atoms with van der Waals surface area (Å²) in [6.07, 6.45) is -7.91. The van der Waals surface area contributed by atoms with Gasteiger partial charge in [0.1, 0.15) is 5.75 Å². The third-order valence-corrected chi connectivity index (χ3v) is 9.48. The molecule has 2 N–H and O–H groups in total. The van der Waals surface area contributed by atoms with Gasteiger partial charge in [0.05, 0.1) is 41.4 Å². The minimum Gasteiger partial charge on any atom is -0.507 e. The van der Waals surface area contributed by atoms with Crippen LogP contribution >= 0.6 is 15.9 Å². The van der Waals surface area contributed by atoms with Gasteiger partial charge in [-0.2, -0.15) is 26.3 Å². The third-order valence-electron chi connectivity index (χ3n) is 8.99. The van der Waals surface area contributed by atoms with Gasteiger partial charge >= 0.3 is 19.5 Å². The van der Waals surface area contributed by atoms with E-state index in [4.69, 9.17) is 9.39 Å². The topological polar surface area (TPSA) is 96.3 Å². The molecule has 0 aromatic heterocycles. The Morgan fingerprint density at radius 3 is 2.32 bits per heavy atom. The van der Waals surface area contributed by atoms with Gasteiger partial charge in [0, 0.05) is 17.1 Å². The predicted molar refractivity (Wildman–Crippen MR) is 164 cm³/mol. The molecular formula is C32H31BBrF6NO6. The van der Waals surface area contributed by atoms with Crippen LogP contribution in [0.3, 0.4) is 0 Å². The van der Waals surface area contributed by atoms with E-state index in [2.05, 4.69) is 15.9 Å². The summed E-state index contributed by atoms with van der Waals surface area (Å²) in [6.45, 7) is 1.98. The quantitative estimate of drug-likeness (QED) is 0.127. The lowest BCUT2D eigenvalue weighted by Crippen LogP contribution is -2.46. The molecule has 2 fully saturated rings. The molecule has 0 unspecified atom stereocenters. The lowest BCUT2D eigenvalue weighted by atomic mass is 9.58. The number of hydrogen-bond donors (Lipinski definition) is 2.